The molecule has 0 aliphatic heterocycles. The molecular weight excluding hydrogens is 291 g/mol. The maximum Gasteiger partial charge on any atom is 0.156 e. The zero-order valence-corrected chi connectivity index (χ0v) is 12.1. The fourth-order valence-corrected chi connectivity index (χ4v) is 2.90. The maximum atomic E-state index is 6.03. The number of thiazole rings is 1. The van der Waals surface area contributed by atoms with E-state index in [4.69, 9.17) is 33.7 Å². The van der Waals surface area contributed by atoms with Gasteiger partial charge in [0.2, 0.25) is 0 Å². The van der Waals surface area contributed by atoms with Gasteiger partial charge < -0.3 is 10.5 Å². The molecule has 0 spiro atoms. The van der Waals surface area contributed by atoms with Crippen molar-refractivity contribution < 1.29 is 4.74 Å². The van der Waals surface area contributed by atoms with E-state index in [1.165, 1.54) is 4.88 Å². The lowest BCUT2D eigenvalue weighted by molar-refractivity contribution is 0.323. The predicted molar refractivity (Wildman–Crippen MR) is 76.9 cm³/mol. The molecule has 18 heavy (non-hydrogen) atoms. The number of anilines is 1. The SMILES string of the molecule is Cc1ncsc1CCOc1c(Cl)cc(N)cc1Cl. The first-order valence-electron chi connectivity index (χ1n) is 5.34. The molecule has 96 valence electrons. The van der Waals surface area contributed by atoms with E-state index in [9.17, 15) is 0 Å². The number of aromatic nitrogens is 1. The van der Waals surface area contributed by atoms with E-state index >= 15 is 0 Å². The smallest absolute Gasteiger partial charge is 0.156 e. The maximum absolute atomic E-state index is 6.03. The highest BCUT2D eigenvalue weighted by Crippen LogP contribution is 2.35. The fraction of sp³-hybridized carbons (Fsp3) is 0.250. The number of nitrogen functional groups attached to an aromatic ring is 1. The Morgan fingerprint density at radius 1 is 1.33 bits per heavy atom. The van der Waals surface area contributed by atoms with Crippen molar-refractivity contribution in [2.75, 3.05) is 12.3 Å². The second kappa shape index (κ2) is 5.78. The Bertz CT molecular complexity index is 534. The third-order valence-corrected chi connectivity index (χ3v) is 4.00. The molecule has 1 aromatic heterocycles. The van der Waals surface area contributed by atoms with Gasteiger partial charge in [0.05, 0.1) is 27.9 Å². The molecule has 0 saturated carbocycles. The minimum Gasteiger partial charge on any atom is -0.490 e. The van der Waals surface area contributed by atoms with E-state index in [1.54, 1.807) is 23.5 Å². The molecule has 0 aliphatic rings. The molecule has 0 radical (unpaired) electrons. The van der Waals surface area contributed by atoms with Crippen molar-refractivity contribution in [3.05, 3.63) is 38.3 Å². The molecular formula is C12H12Cl2N2OS. The second-order valence-electron chi connectivity index (χ2n) is 3.77. The van der Waals surface area contributed by atoms with Gasteiger partial charge in [0.1, 0.15) is 0 Å². The molecule has 1 aromatic carbocycles. The van der Waals surface area contributed by atoms with Crippen LogP contribution in [0.4, 0.5) is 5.69 Å². The number of aryl methyl sites for hydroxylation is 1. The van der Waals surface area contributed by atoms with Crippen molar-refractivity contribution in [2.24, 2.45) is 0 Å². The summed E-state index contributed by atoms with van der Waals surface area (Å²) in [5.74, 6) is 0.481. The number of hydrogen-bond acceptors (Lipinski definition) is 4. The average Bonchev–Trinajstić information content (AvgIpc) is 2.68. The first-order valence-corrected chi connectivity index (χ1v) is 6.97. The van der Waals surface area contributed by atoms with Gasteiger partial charge in [-0.2, -0.15) is 0 Å². The van der Waals surface area contributed by atoms with Crippen LogP contribution in [0.15, 0.2) is 17.6 Å². The number of benzene rings is 1. The highest BCUT2D eigenvalue weighted by molar-refractivity contribution is 7.09. The number of nitrogens with zero attached hydrogens (tertiary/aromatic N) is 1. The standard InChI is InChI=1S/C12H12Cl2N2OS/c1-7-11(18-6-16-7)2-3-17-12-9(13)4-8(15)5-10(12)14/h4-6H,2-3,15H2,1H3. The Kier molecular flexibility index (Phi) is 4.32. The van der Waals surface area contributed by atoms with Crippen molar-refractivity contribution in [3.8, 4) is 5.75 Å². The zero-order valence-electron chi connectivity index (χ0n) is 9.74. The lowest BCUT2D eigenvalue weighted by Gasteiger charge is -2.10. The Labute approximate surface area is 120 Å². The van der Waals surface area contributed by atoms with Gasteiger partial charge in [0.25, 0.3) is 0 Å². The number of rotatable bonds is 4. The third-order valence-electron chi connectivity index (χ3n) is 2.44. The number of ether oxygens (including phenoxy) is 1. The van der Waals surface area contributed by atoms with E-state index < -0.39 is 0 Å². The summed E-state index contributed by atoms with van der Waals surface area (Å²) in [5.41, 5.74) is 9.01. The van der Waals surface area contributed by atoms with Crippen LogP contribution in [0.2, 0.25) is 10.0 Å². The highest BCUT2D eigenvalue weighted by atomic mass is 35.5. The lowest BCUT2D eigenvalue weighted by Crippen LogP contribution is -2.02. The van der Waals surface area contributed by atoms with Crippen LogP contribution in [0.5, 0.6) is 5.75 Å². The summed E-state index contributed by atoms with van der Waals surface area (Å²) in [7, 11) is 0. The lowest BCUT2D eigenvalue weighted by atomic mass is 10.3. The largest absolute Gasteiger partial charge is 0.490 e. The topological polar surface area (TPSA) is 48.1 Å². The van der Waals surface area contributed by atoms with Crippen LogP contribution in [-0.4, -0.2) is 11.6 Å². The van der Waals surface area contributed by atoms with Gasteiger partial charge in [-0.3, -0.25) is 0 Å². The van der Waals surface area contributed by atoms with Gasteiger partial charge in [-0.05, 0) is 19.1 Å². The van der Waals surface area contributed by atoms with Crippen LogP contribution in [0, 0.1) is 6.92 Å². The van der Waals surface area contributed by atoms with Gasteiger partial charge in [0, 0.05) is 17.0 Å². The summed E-state index contributed by atoms with van der Waals surface area (Å²) < 4.78 is 5.61. The number of hydrogen-bond donors (Lipinski definition) is 1. The highest BCUT2D eigenvalue weighted by Gasteiger charge is 2.09. The molecule has 6 heteroatoms. The van der Waals surface area contributed by atoms with Gasteiger partial charge in [-0.25, -0.2) is 4.98 Å². The molecule has 0 unspecified atom stereocenters. The van der Waals surface area contributed by atoms with Crippen molar-refractivity contribution in [3.63, 3.8) is 0 Å². The first kappa shape index (κ1) is 13.5. The Morgan fingerprint density at radius 3 is 2.56 bits per heavy atom. The molecule has 0 bridgehead atoms. The van der Waals surface area contributed by atoms with E-state index in [0.717, 1.165) is 12.1 Å². The van der Waals surface area contributed by atoms with E-state index in [0.29, 0.717) is 28.1 Å². The molecule has 2 N–H and O–H groups in total. The van der Waals surface area contributed by atoms with Crippen LogP contribution < -0.4 is 10.5 Å². The van der Waals surface area contributed by atoms with Crippen LogP contribution in [0.25, 0.3) is 0 Å². The van der Waals surface area contributed by atoms with Gasteiger partial charge >= 0.3 is 0 Å². The monoisotopic (exact) mass is 302 g/mol. The minimum atomic E-state index is 0.432. The normalized spacial score (nSPS) is 10.6. The van der Waals surface area contributed by atoms with Gasteiger partial charge in [-0.15, -0.1) is 11.3 Å². The minimum absolute atomic E-state index is 0.432. The van der Waals surface area contributed by atoms with Crippen molar-refractivity contribution in [1.29, 1.82) is 0 Å². The number of nitrogens with two attached hydrogens (primary N) is 1. The third kappa shape index (κ3) is 3.07. The summed E-state index contributed by atoms with van der Waals surface area (Å²) in [6, 6.07) is 3.25. The second-order valence-corrected chi connectivity index (χ2v) is 5.53. The summed E-state index contributed by atoms with van der Waals surface area (Å²) in [6.07, 6.45) is 0.785. The van der Waals surface area contributed by atoms with E-state index in [-0.39, 0.29) is 0 Å². The molecule has 3 nitrogen and oxygen atoms in total. The molecule has 0 amide bonds. The Hall–Kier alpha value is -0.970. The van der Waals surface area contributed by atoms with Crippen LogP contribution >= 0.6 is 34.5 Å². The van der Waals surface area contributed by atoms with Gasteiger partial charge in [0.15, 0.2) is 5.75 Å². The summed E-state index contributed by atoms with van der Waals surface area (Å²) in [4.78, 5) is 5.39. The average molecular weight is 303 g/mol. The summed E-state index contributed by atoms with van der Waals surface area (Å²) in [6.45, 7) is 2.49. The summed E-state index contributed by atoms with van der Waals surface area (Å²) in [5, 5.41) is 0.863. The molecule has 0 atom stereocenters. The van der Waals surface area contributed by atoms with Crippen LogP contribution in [0.1, 0.15) is 10.6 Å². The first-order chi connectivity index (χ1) is 8.58. The van der Waals surface area contributed by atoms with Crippen LogP contribution in [-0.2, 0) is 6.42 Å². The molecule has 2 aromatic rings. The predicted octanol–water partition coefficient (Wildman–Crippen LogP) is 3.96. The fourth-order valence-electron chi connectivity index (χ4n) is 1.53. The molecule has 2 rings (SSSR count). The van der Waals surface area contributed by atoms with Gasteiger partial charge in [-0.1, -0.05) is 23.2 Å². The zero-order chi connectivity index (χ0) is 13.1. The molecule has 0 aliphatic carbocycles. The quantitative estimate of drug-likeness (QED) is 0.870. The van der Waals surface area contributed by atoms with Crippen molar-refractivity contribution in [1.82, 2.24) is 4.98 Å². The Balaban J connectivity index is 2.01. The van der Waals surface area contributed by atoms with Crippen LogP contribution in [0.3, 0.4) is 0 Å². The molecule has 1 heterocycles. The molecule has 0 fully saturated rings. The number of halogens is 2. The Morgan fingerprint density at radius 2 is 2.00 bits per heavy atom. The summed E-state index contributed by atoms with van der Waals surface area (Å²) >= 11 is 13.7. The van der Waals surface area contributed by atoms with Crippen molar-refractivity contribution >= 4 is 40.2 Å². The molecule has 0 saturated heterocycles. The van der Waals surface area contributed by atoms with E-state index in [2.05, 4.69) is 4.98 Å². The van der Waals surface area contributed by atoms with Crippen molar-refractivity contribution in [2.45, 2.75) is 13.3 Å². The van der Waals surface area contributed by atoms with E-state index in [1.807, 2.05) is 12.4 Å².